The predicted molar refractivity (Wildman–Crippen MR) is 109 cm³/mol. The van der Waals surface area contributed by atoms with Crippen LogP contribution in [0.4, 0.5) is 13.6 Å². The minimum Gasteiger partial charge on any atom is -0.444 e. The standard InChI is InChI=1S/C21H29F2N3O4/c1-12(26-20(27)30-21(2,3)4)18(24)16(11-17-28-6-7-29-17)19(25-5)13-8-14(22)10-15(23)9-13/h8-10,12,17H,6-7,11,24H2,1-5H3,(H,26,27)/b18-16-,25-19?/t12-/m0/s1. The summed E-state index contributed by atoms with van der Waals surface area (Å²) in [6.07, 6.45) is -1.03. The molecule has 30 heavy (non-hydrogen) atoms. The van der Waals surface area contributed by atoms with Gasteiger partial charge in [-0.2, -0.15) is 0 Å². The number of alkyl carbamates (subject to hydrolysis) is 1. The summed E-state index contributed by atoms with van der Waals surface area (Å²) in [6, 6.07) is 2.47. The van der Waals surface area contributed by atoms with Crippen LogP contribution in [0.15, 0.2) is 34.5 Å². The van der Waals surface area contributed by atoms with Gasteiger partial charge in [0.2, 0.25) is 0 Å². The fourth-order valence-electron chi connectivity index (χ4n) is 3.00. The Kier molecular flexibility index (Phi) is 7.91. The van der Waals surface area contributed by atoms with E-state index in [0.29, 0.717) is 18.8 Å². The normalized spacial score (nSPS) is 17.5. The number of hydrogen-bond donors (Lipinski definition) is 2. The number of halogens is 2. The Morgan fingerprint density at radius 1 is 1.27 bits per heavy atom. The third-order valence-electron chi connectivity index (χ3n) is 4.26. The quantitative estimate of drug-likeness (QED) is 0.682. The largest absolute Gasteiger partial charge is 0.444 e. The van der Waals surface area contributed by atoms with Crippen LogP contribution < -0.4 is 11.1 Å². The lowest BCUT2D eigenvalue weighted by Gasteiger charge is -2.24. The second kappa shape index (κ2) is 9.99. The molecule has 0 saturated carbocycles. The summed E-state index contributed by atoms with van der Waals surface area (Å²) in [6.45, 7) is 7.77. The smallest absolute Gasteiger partial charge is 0.408 e. The van der Waals surface area contributed by atoms with E-state index in [0.717, 1.165) is 6.07 Å². The van der Waals surface area contributed by atoms with Crippen molar-refractivity contribution >= 4 is 11.8 Å². The number of amides is 1. The third kappa shape index (κ3) is 6.77. The number of benzene rings is 1. The first-order valence-corrected chi connectivity index (χ1v) is 9.65. The molecule has 0 radical (unpaired) electrons. The highest BCUT2D eigenvalue weighted by atomic mass is 19.1. The SMILES string of the molecule is CN=C(/C(CC1OCCO1)=C(\N)[C@H](C)NC(=O)OC(C)(C)C)c1cc(F)cc(F)c1. The summed E-state index contributed by atoms with van der Waals surface area (Å²) < 4.78 is 43.9. The molecule has 1 atom stereocenters. The first kappa shape index (κ1) is 23.8. The van der Waals surface area contributed by atoms with Crippen molar-refractivity contribution < 1.29 is 27.8 Å². The second-order valence-corrected chi connectivity index (χ2v) is 7.91. The number of ether oxygens (including phenoxy) is 3. The first-order chi connectivity index (χ1) is 14.0. The van der Waals surface area contributed by atoms with Crippen molar-refractivity contribution in [2.24, 2.45) is 10.7 Å². The number of nitrogens with two attached hydrogens (primary N) is 1. The molecule has 1 aromatic carbocycles. The van der Waals surface area contributed by atoms with Gasteiger partial charge in [-0.05, 0) is 39.8 Å². The highest BCUT2D eigenvalue weighted by Crippen LogP contribution is 2.23. The molecule has 1 heterocycles. The molecule has 3 N–H and O–H groups in total. The molecule has 2 rings (SSSR count). The van der Waals surface area contributed by atoms with E-state index in [-0.39, 0.29) is 23.4 Å². The Morgan fingerprint density at radius 3 is 2.33 bits per heavy atom. The van der Waals surface area contributed by atoms with Gasteiger partial charge < -0.3 is 25.3 Å². The lowest BCUT2D eigenvalue weighted by molar-refractivity contribution is -0.0392. The summed E-state index contributed by atoms with van der Waals surface area (Å²) >= 11 is 0. The molecule has 1 aliphatic heterocycles. The molecule has 9 heteroatoms. The van der Waals surface area contributed by atoms with Gasteiger partial charge in [0.05, 0.1) is 25.0 Å². The molecular weight excluding hydrogens is 396 g/mol. The molecule has 0 aromatic heterocycles. The van der Waals surface area contributed by atoms with Crippen molar-refractivity contribution in [3.8, 4) is 0 Å². The summed E-state index contributed by atoms with van der Waals surface area (Å²) in [7, 11) is 1.49. The van der Waals surface area contributed by atoms with Crippen LogP contribution in [0, 0.1) is 11.6 Å². The van der Waals surface area contributed by atoms with E-state index in [1.165, 1.54) is 19.2 Å². The molecule has 0 bridgehead atoms. The van der Waals surface area contributed by atoms with Gasteiger partial charge in [-0.15, -0.1) is 0 Å². The van der Waals surface area contributed by atoms with Crippen molar-refractivity contribution in [3.63, 3.8) is 0 Å². The topological polar surface area (TPSA) is 95.2 Å². The van der Waals surface area contributed by atoms with Gasteiger partial charge >= 0.3 is 6.09 Å². The van der Waals surface area contributed by atoms with E-state index in [4.69, 9.17) is 19.9 Å². The lowest BCUT2D eigenvalue weighted by atomic mass is 9.95. The zero-order valence-electron chi connectivity index (χ0n) is 17.9. The number of nitrogens with one attached hydrogen (secondary N) is 1. The number of hydrogen-bond acceptors (Lipinski definition) is 6. The lowest BCUT2D eigenvalue weighted by Crippen LogP contribution is -2.41. The van der Waals surface area contributed by atoms with Gasteiger partial charge in [0.25, 0.3) is 0 Å². The van der Waals surface area contributed by atoms with Gasteiger partial charge in [-0.25, -0.2) is 13.6 Å². The van der Waals surface area contributed by atoms with E-state index in [9.17, 15) is 13.6 Å². The maximum absolute atomic E-state index is 13.8. The van der Waals surface area contributed by atoms with Crippen LogP contribution in [0.1, 0.15) is 39.7 Å². The van der Waals surface area contributed by atoms with Gasteiger partial charge in [-0.1, -0.05) is 0 Å². The number of carbonyl (C=O) groups excluding carboxylic acids is 1. The molecule has 1 aromatic rings. The maximum Gasteiger partial charge on any atom is 0.408 e. The summed E-state index contributed by atoms with van der Waals surface area (Å²) in [5, 5.41) is 2.67. The molecule has 1 fully saturated rings. The fourth-order valence-corrected chi connectivity index (χ4v) is 3.00. The van der Waals surface area contributed by atoms with Crippen molar-refractivity contribution in [1.82, 2.24) is 5.32 Å². The van der Waals surface area contributed by atoms with E-state index in [1.807, 2.05) is 0 Å². The molecule has 1 saturated heterocycles. The number of nitrogens with zero attached hydrogens (tertiary/aromatic N) is 1. The van der Waals surface area contributed by atoms with E-state index in [1.54, 1.807) is 27.7 Å². The number of rotatable bonds is 6. The Hall–Kier alpha value is -2.52. The molecule has 0 aliphatic carbocycles. The number of aliphatic imine (C=N–C) groups is 1. The van der Waals surface area contributed by atoms with E-state index >= 15 is 0 Å². The second-order valence-electron chi connectivity index (χ2n) is 7.91. The third-order valence-corrected chi connectivity index (χ3v) is 4.26. The first-order valence-electron chi connectivity index (χ1n) is 9.65. The summed E-state index contributed by atoms with van der Waals surface area (Å²) in [4.78, 5) is 16.4. The van der Waals surface area contributed by atoms with Crippen LogP contribution in [0.3, 0.4) is 0 Å². The van der Waals surface area contributed by atoms with Crippen LogP contribution >= 0.6 is 0 Å². The van der Waals surface area contributed by atoms with Gasteiger partial charge in [0.15, 0.2) is 6.29 Å². The van der Waals surface area contributed by atoms with Crippen LogP contribution in [0.2, 0.25) is 0 Å². The van der Waals surface area contributed by atoms with Crippen LogP contribution in [0.5, 0.6) is 0 Å². The fraction of sp³-hybridized carbons (Fsp3) is 0.524. The van der Waals surface area contributed by atoms with Crippen molar-refractivity contribution in [2.75, 3.05) is 20.3 Å². The van der Waals surface area contributed by atoms with Gasteiger partial charge in [0, 0.05) is 36.4 Å². The monoisotopic (exact) mass is 425 g/mol. The molecule has 166 valence electrons. The highest BCUT2D eigenvalue weighted by molar-refractivity contribution is 6.13. The molecular formula is C21H29F2N3O4. The van der Waals surface area contributed by atoms with Crippen molar-refractivity contribution in [2.45, 2.75) is 52.0 Å². The molecule has 0 spiro atoms. The van der Waals surface area contributed by atoms with Crippen LogP contribution in [0.25, 0.3) is 0 Å². The van der Waals surface area contributed by atoms with Crippen molar-refractivity contribution in [1.29, 1.82) is 0 Å². The minimum absolute atomic E-state index is 0.191. The average Bonchev–Trinajstić information content (AvgIpc) is 3.11. The van der Waals surface area contributed by atoms with Gasteiger partial charge in [-0.3, -0.25) is 4.99 Å². The van der Waals surface area contributed by atoms with Crippen LogP contribution in [-0.4, -0.2) is 50.0 Å². The Balaban J connectivity index is 2.39. The van der Waals surface area contributed by atoms with E-state index in [2.05, 4.69) is 10.3 Å². The van der Waals surface area contributed by atoms with E-state index < -0.39 is 35.7 Å². The maximum atomic E-state index is 13.8. The van der Waals surface area contributed by atoms with Gasteiger partial charge in [0.1, 0.15) is 17.2 Å². The zero-order chi connectivity index (χ0) is 22.5. The molecule has 1 amide bonds. The Labute approximate surface area is 175 Å². The van der Waals surface area contributed by atoms with Crippen molar-refractivity contribution in [3.05, 3.63) is 46.7 Å². The Morgan fingerprint density at radius 2 is 1.83 bits per heavy atom. The molecule has 7 nitrogen and oxygen atoms in total. The summed E-state index contributed by atoms with van der Waals surface area (Å²) in [5.74, 6) is -1.48. The predicted octanol–water partition coefficient (Wildman–Crippen LogP) is 3.27. The number of carbonyl (C=O) groups is 1. The highest BCUT2D eigenvalue weighted by Gasteiger charge is 2.26. The average molecular weight is 425 g/mol. The minimum atomic E-state index is -0.739. The molecule has 1 aliphatic rings. The zero-order valence-corrected chi connectivity index (χ0v) is 17.9. The van der Waals surface area contributed by atoms with Crippen LogP contribution in [-0.2, 0) is 14.2 Å². The Bertz CT molecular complexity index is 808. The molecule has 0 unspecified atom stereocenters. The summed E-state index contributed by atoms with van der Waals surface area (Å²) in [5.41, 5.74) is 6.91.